The van der Waals surface area contributed by atoms with Gasteiger partial charge in [0.2, 0.25) is 17.5 Å². The summed E-state index contributed by atoms with van der Waals surface area (Å²) in [5.41, 5.74) is -1.75. The Morgan fingerprint density at radius 1 is 1.06 bits per heavy atom. The van der Waals surface area contributed by atoms with Crippen LogP contribution in [0.1, 0.15) is 40.2 Å². The average Bonchev–Trinajstić information content (AvgIpc) is 3.68. The van der Waals surface area contributed by atoms with Crippen molar-refractivity contribution in [2.45, 2.75) is 37.8 Å². The summed E-state index contributed by atoms with van der Waals surface area (Å²) in [6.07, 6.45) is -1.24. The van der Waals surface area contributed by atoms with Crippen LogP contribution >= 0.6 is 11.6 Å². The molecular weight excluding hydrogens is 657 g/mol. The highest BCUT2D eigenvalue weighted by Crippen LogP contribution is 2.43. The summed E-state index contributed by atoms with van der Waals surface area (Å²) in [6, 6.07) is 10.5. The molecule has 1 aromatic carbocycles. The number of anilines is 1. The van der Waals surface area contributed by atoms with Crippen molar-refractivity contribution in [2.75, 3.05) is 18.4 Å². The minimum atomic E-state index is -4.62. The van der Waals surface area contributed by atoms with Gasteiger partial charge in [0.1, 0.15) is 23.6 Å². The van der Waals surface area contributed by atoms with E-state index in [0.717, 1.165) is 16.6 Å². The van der Waals surface area contributed by atoms with Crippen molar-refractivity contribution in [1.29, 1.82) is 0 Å². The molecule has 2 aliphatic heterocycles. The second kappa shape index (κ2) is 11.7. The van der Waals surface area contributed by atoms with Crippen LogP contribution in [0.25, 0.3) is 17.3 Å². The van der Waals surface area contributed by atoms with Crippen molar-refractivity contribution in [2.24, 2.45) is 0 Å². The van der Waals surface area contributed by atoms with Crippen LogP contribution in [-0.4, -0.2) is 64.0 Å². The van der Waals surface area contributed by atoms with Crippen LogP contribution in [0.5, 0.6) is 5.75 Å². The van der Waals surface area contributed by atoms with E-state index in [9.17, 15) is 32.7 Å². The number of aromatic hydroxyl groups is 1. The lowest BCUT2D eigenvalue weighted by atomic mass is 9.85. The zero-order chi connectivity index (χ0) is 33.8. The zero-order valence-corrected chi connectivity index (χ0v) is 25.5. The van der Waals surface area contributed by atoms with E-state index in [1.807, 2.05) is 0 Å². The minimum Gasteiger partial charge on any atom is -0.505 e. The Morgan fingerprint density at radius 2 is 1.83 bits per heavy atom. The molecule has 17 heteroatoms. The molecule has 0 unspecified atom stereocenters. The first kappa shape index (κ1) is 31.3. The van der Waals surface area contributed by atoms with Gasteiger partial charge < -0.3 is 24.6 Å². The van der Waals surface area contributed by atoms with E-state index in [1.54, 1.807) is 18.2 Å². The third kappa shape index (κ3) is 5.41. The first-order valence-electron chi connectivity index (χ1n) is 14.6. The fourth-order valence-corrected chi connectivity index (χ4v) is 6.29. The number of piperidine rings is 1. The van der Waals surface area contributed by atoms with Gasteiger partial charge in [-0.25, -0.2) is 4.98 Å². The van der Waals surface area contributed by atoms with E-state index in [2.05, 4.69) is 25.4 Å². The number of hydrogen-bond acceptors (Lipinski definition) is 9. The number of carbonyl (C=O) groups excluding carboxylic acids is 2. The molecule has 246 valence electrons. The number of benzene rings is 1. The Hall–Kier alpha value is -5.35. The molecule has 1 spiro atoms. The molecule has 2 aliphatic rings. The summed E-state index contributed by atoms with van der Waals surface area (Å²) in [7, 11) is 0. The molecule has 2 amide bonds. The monoisotopic (exact) mass is 680 g/mol. The third-order valence-corrected chi connectivity index (χ3v) is 8.72. The molecule has 0 bridgehead atoms. The summed E-state index contributed by atoms with van der Waals surface area (Å²) in [5, 5.41) is 16.8. The normalized spacial score (nSPS) is 15.5. The maximum Gasteiger partial charge on any atom is 0.416 e. The van der Waals surface area contributed by atoms with Crippen molar-refractivity contribution in [3.63, 3.8) is 0 Å². The summed E-state index contributed by atoms with van der Waals surface area (Å²) >= 11 is 6.08. The number of nitrogens with zero attached hydrogens (tertiary/aromatic N) is 7. The van der Waals surface area contributed by atoms with Crippen LogP contribution < -0.4 is 10.9 Å². The molecule has 0 radical (unpaired) electrons. The SMILES string of the molecule is O=C(Cn1c2c(c(=O)n3nc(-c4ccccn4)nc13)C1(CCN(C(=O)c3ncccc3O)CC1)OC2)Nc1ccc(C(F)(F)F)cc1Cl. The molecule has 2 N–H and O–H groups in total. The van der Waals surface area contributed by atoms with Crippen LogP contribution in [0.2, 0.25) is 5.02 Å². The van der Waals surface area contributed by atoms with Crippen molar-refractivity contribution in [3.05, 3.63) is 98.8 Å². The van der Waals surface area contributed by atoms with E-state index < -0.39 is 41.3 Å². The Kier molecular flexibility index (Phi) is 7.63. The largest absolute Gasteiger partial charge is 0.505 e. The number of fused-ring (bicyclic) bond motifs is 3. The number of pyridine rings is 2. The molecule has 5 aromatic rings. The van der Waals surface area contributed by atoms with Crippen LogP contribution in [0, 0.1) is 0 Å². The number of alkyl halides is 3. The fraction of sp³-hybridized carbons (Fsp3) is 0.258. The van der Waals surface area contributed by atoms with Crippen molar-refractivity contribution in [3.8, 4) is 17.3 Å². The predicted octanol–water partition coefficient (Wildman–Crippen LogP) is 4.03. The molecule has 0 atom stereocenters. The number of likely N-dealkylation sites (tertiary alicyclic amines) is 1. The lowest BCUT2D eigenvalue weighted by Gasteiger charge is -2.38. The second-order valence-electron chi connectivity index (χ2n) is 11.3. The molecular formula is C31H24ClF3N8O5. The number of halogens is 4. The van der Waals surface area contributed by atoms with Gasteiger partial charge in [0, 0.05) is 25.5 Å². The lowest BCUT2D eigenvalue weighted by molar-refractivity contribution is -0.137. The highest BCUT2D eigenvalue weighted by atomic mass is 35.5. The highest BCUT2D eigenvalue weighted by molar-refractivity contribution is 6.33. The van der Waals surface area contributed by atoms with E-state index in [0.29, 0.717) is 17.5 Å². The average molecular weight is 681 g/mol. The Balaban J connectivity index is 1.25. The zero-order valence-electron chi connectivity index (χ0n) is 24.7. The number of ether oxygens (including phenoxy) is 1. The van der Waals surface area contributed by atoms with Crippen LogP contribution in [0.15, 0.2) is 65.7 Å². The third-order valence-electron chi connectivity index (χ3n) is 8.41. The highest BCUT2D eigenvalue weighted by Gasteiger charge is 2.48. The molecule has 7 rings (SSSR count). The molecule has 1 saturated heterocycles. The van der Waals surface area contributed by atoms with Gasteiger partial charge in [-0.05, 0) is 55.3 Å². The number of rotatable bonds is 5. The maximum absolute atomic E-state index is 14.1. The number of aromatic nitrogens is 6. The Morgan fingerprint density at radius 3 is 2.52 bits per heavy atom. The first-order valence-corrected chi connectivity index (χ1v) is 15.0. The Labute approximate surface area is 273 Å². The van der Waals surface area contributed by atoms with Crippen LogP contribution in [0.4, 0.5) is 18.9 Å². The van der Waals surface area contributed by atoms with Gasteiger partial charge in [-0.15, -0.1) is 5.10 Å². The molecule has 1 fully saturated rings. The van der Waals surface area contributed by atoms with Crippen LogP contribution in [-0.2, 0) is 34.5 Å². The fourth-order valence-electron chi connectivity index (χ4n) is 6.06. The van der Waals surface area contributed by atoms with E-state index in [-0.39, 0.29) is 71.9 Å². The predicted molar refractivity (Wildman–Crippen MR) is 163 cm³/mol. The van der Waals surface area contributed by atoms with Gasteiger partial charge in [0.15, 0.2) is 5.69 Å². The van der Waals surface area contributed by atoms with Crippen LogP contribution in [0.3, 0.4) is 0 Å². The summed E-state index contributed by atoms with van der Waals surface area (Å²) in [5.74, 6) is -1.23. The molecule has 13 nitrogen and oxygen atoms in total. The summed E-state index contributed by atoms with van der Waals surface area (Å²) < 4.78 is 48.3. The molecule has 6 heterocycles. The quantitative estimate of drug-likeness (QED) is 0.280. The van der Waals surface area contributed by atoms with E-state index in [4.69, 9.17) is 16.3 Å². The van der Waals surface area contributed by atoms with Crippen molar-refractivity contribution < 1.29 is 32.6 Å². The smallest absolute Gasteiger partial charge is 0.416 e. The molecule has 48 heavy (non-hydrogen) atoms. The van der Waals surface area contributed by atoms with Gasteiger partial charge in [-0.2, -0.15) is 22.7 Å². The van der Waals surface area contributed by atoms with Crippen molar-refractivity contribution >= 4 is 34.9 Å². The van der Waals surface area contributed by atoms with Gasteiger partial charge >= 0.3 is 6.18 Å². The van der Waals surface area contributed by atoms with Crippen molar-refractivity contribution in [1.82, 2.24) is 34.0 Å². The first-order chi connectivity index (χ1) is 22.9. The summed E-state index contributed by atoms with van der Waals surface area (Å²) in [4.78, 5) is 54.9. The van der Waals surface area contributed by atoms with Gasteiger partial charge in [-0.3, -0.25) is 19.4 Å². The van der Waals surface area contributed by atoms with Gasteiger partial charge in [-0.1, -0.05) is 17.7 Å². The number of nitrogens with one attached hydrogen (secondary N) is 1. The standard InChI is InChI=1S/C31H24ClF3N8O5/c32-18-14-17(31(33,34)35)6-7-19(18)38-23(45)15-42-21-16-48-30(8-12-41(13-9-30)28(47)25-22(44)5-3-11-37-25)24(21)27(46)43-29(42)39-26(40-43)20-4-1-2-10-36-20/h1-7,10-11,14,44H,8-9,12-13,15-16H2,(H,38,45). The molecule has 0 saturated carbocycles. The van der Waals surface area contributed by atoms with E-state index in [1.165, 1.54) is 34.0 Å². The summed E-state index contributed by atoms with van der Waals surface area (Å²) in [6.45, 7) is -0.145. The van der Waals surface area contributed by atoms with E-state index >= 15 is 0 Å². The van der Waals surface area contributed by atoms with Gasteiger partial charge in [0.05, 0.1) is 34.1 Å². The second-order valence-corrected chi connectivity index (χ2v) is 11.7. The Bertz CT molecular complexity index is 2150. The lowest BCUT2D eigenvalue weighted by Crippen LogP contribution is -2.47. The molecule has 4 aromatic heterocycles. The minimum absolute atomic E-state index is 0.0203. The number of amides is 2. The topological polar surface area (TPSA) is 157 Å². The number of carbonyl (C=O) groups is 2. The van der Waals surface area contributed by atoms with Gasteiger partial charge in [0.25, 0.3) is 11.5 Å². The molecule has 0 aliphatic carbocycles. The number of hydrogen-bond donors (Lipinski definition) is 2. The maximum atomic E-state index is 14.1.